The smallest absolute Gasteiger partial charge is 0.244 e. The van der Waals surface area contributed by atoms with Gasteiger partial charge in [0, 0.05) is 12.3 Å². The van der Waals surface area contributed by atoms with E-state index in [1.54, 1.807) is 0 Å². The van der Waals surface area contributed by atoms with E-state index in [-0.39, 0.29) is 11.8 Å². The third kappa shape index (κ3) is 35.3. The predicted octanol–water partition coefficient (Wildman–Crippen LogP) is 10.9. The highest BCUT2D eigenvalue weighted by atomic mass is 32.3. The third-order valence-corrected chi connectivity index (χ3v) is 10.4. The number of nitrogens with one attached hydrogen (secondary N) is 2. The maximum absolute atomic E-state index is 12.6. The maximum Gasteiger partial charge on any atom is 0.244 e. The van der Waals surface area contributed by atoms with E-state index in [1.165, 1.54) is 173 Å². The molecule has 0 aromatic heterocycles. The molecule has 0 aliphatic carbocycles. The number of amidine groups is 1. The Hall–Kier alpha value is -1.71. The molecule has 0 aromatic rings. The normalized spacial score (nSPS) is 13.9. The number of hydrogen-bond donors (Lipinski definition) is 2. The fourth-order valence-electron chi connectivity index (χ4n) is 6.58. The molecule has 0 spiro atoms. The molecule has 1 aliphatic heterocycles. The third-order valence-electron chi connectivity index (χ3n) is 10.00. The van der Waals surface area contributed by atoms with E-state index >= 15 is 0 Å². The van der Waals surface area contributed by atoms with Gasteiger partial charge in [-0.3, -0.25) is 18.9 Å². The maximum atomic E-state index is 12.6. The predicted molar refractivity (Wildman–Crippen MR) is 221 cm³/mol. The van der Waals surface area contributed by atoms with Gasteiger partial charge in [0.05, 0.1) is 13.7 Å². The Balaban J connectivity index is 0.00000397. The monoisotopic (exact) mass is 754 g/mol. The molecule has 1 amide bonds. The zero-order valence-corrected chi connectivity index (χ0v) is 35.2. The van der Waals surface area contributed by atoms with E-state index in [4.69, 9.17) is 0 Å². The average Bonchev–Trinajstić information content (AvgIpc) is 3.58. The molecule has 0 saturated heterocycles. The minimum absolute atomic E-state index is 0.124. The van der Waals surface area contributed by atoms with E-state index in [1.807, 2.05) is 0 Å². The van der Waals surface area contributed by atoms with Crippen LogP contribution in [-0.2, 0) is 19.4 Å². The van der Waals surface area contributed by atoms with Crippen LogP contribution in [0.3, 0.4) is 0 Å². The molecule has 1 heterocycles. The number of nitrogens with zero attached hydrogens (tertiary/aromatic N) is 1. The summed E-state index contributed by atoms with van der Waals surface area (Å²) in [6.45, 7) is 10.5. The molecule has 0 saturated carbocycles. The lowest BCUT2D eigenvalue weighted by molar-refractivity contribution is -0.517. The SMILES string of the molecule is CCCCCCCC/C=C\CCCCCCCCC1=[N+](CCNC(=O)C(C)CCCCCC/C=C\CCCCCCCC)CCN1.COS(=O)(=O)[O-]. The first-order valence-electron chi connectivity index (χ1n) is 21.7. The van der Waals surface area contributed by atoms with Gasteiger partial charge in [-0.2, -0.15) is 0 Å². The molecule has 8 nitrogen and oxygen atoms in total. The largest absolute Gasteiger partial charge is 0.726 e. The quantitative estimate of drug-likeness (QED) is 0.0219. The van der Waals surface area contributed by atoms with Gasteiger partial charge in [0.2, 0.25) is 22.1 Å². The molecule has 306 valence electrons. The zero-order valence-electron chi connectivity index (χ0n) is 34.4. The Kier molecular flexibility index (Phi) is 36.4. The van der Waals surface area contributed by atoms with Gasteiger partial charge in [0.25, 0.3) is 0 Å². The molecule has 0 radical (unpaired) electrons. The highest BCUT2D eigenvalue weighted by Gasteiger charge is 2.20. The van der Waals surface area contributed by atoms with Crippen LogP contribution in [-0.4, -0.2) is 62.6 Å². The van der Waals surface area contributed by atoms with Crippen molar-refractivity contribution >= 4 is 22.1 Å². The summed E-state index contributed by atoms with van der Waals surface area (Å²) in [4.78, 5) is 12.6. The standard InChI is InChI=1S/C42H79N3O.CH4O4S/c1-4-6-8-10-12-14-16-18-20-21-23-25-27-29-31-33-35-41-43-36-38-45(41)39-37-44-42(46)40(3)34-32-30-28-26-24-22-19-17-15-13-11-9-7-5-2;1-5-6(2,3)4/h18-20,22,40H,4-17,21,23-39H2,1-3H3,(H,44,46);1H3,(H,2,3,4)/b20-18-,22-19-;. The molecule has 1 aliphatic rings. The minimum Gasteiger partial charge on any atom is -0.726 e. The lowest BCUT2D eigenvalue weighted by atomic mass is 10.0. The molecular formula is C43H83N3O5S. The first kappa shape index (κ1) is 50.3. The van der Waals surface area contributed by atoms with Crippen LogP contribution < -0.4 is 10.6 Å². The minimum atomic E-state index is -4.41. The topological polar surface area (TPSA) is 111 Å². The molecule has 9 heteroatoms. The van der Waals surface area contributed by atoms with Crippen LogP contribution in [0.25, 0.3) is 0 Å². The van der Waals surface area contributed by atoms with E-state index < -0.39 is 10.4 Å². The van der Waals surface area contributed by atoms with Gasteiger partial charge in [-0.25, -0.2) is 8.42 Å². The van der Waals surface area contributed by atoms with E-state index in [9.17, 15) is 17.8 Å². The molecule has 1 atom stereocenters. The van der Waals surface area contributed by atoms with Crippen molar-refractivity contribution in [3.63, 3.8) is 0 Å². The Morgan fingerprint density at radius 2 is 1.13 bits per heavy atom. The van der Waals surface area contributed by atoms with Gasteiger partial charge in [-0.15, -0.1) is 0 Å². The summed E-state index contributed by atoms with van der Waals surface area (Å²) in [6.07, 6.45) is 46.5. The lowest BCUT2D eigenvalue weighted by Crippen LogP contribution is -2.35. The summed E-state index contributed by atoms with van der Waals surface area (Å²) in [5.41, 5.74) is 0. The number of carbonyl (C=O) groups is 1. The Morgan fingerprint density at radius 3 is 1.58 bits per heavy atom. The number of allylic oxidation sites excluding steroid dienone is 4. The van der Waals surface area contributed by atoms with Gasteiger partial charge < -0.3 is 9.87 Å². The number of rotatable bonds is 35. The van der Waals surface area contributed by atoms with Crippen molar-refractivity contribution in [2.24, 2.45) is 5.92 Å². The molecule has 0 bridgehead atoms. The van der Waals surface area contributed by atoms with Crippen molar-refractivity contribution in [2.45, 2.75) is 201 Å². The molecule has 1 unspecified atom stereocenters. The molecule has 0 fully saturated rings. The van der Waals surface area contributed by atoms with Gasteiger partial charge >= 0.3 is 0 Å². The fourth-order valence-corrected chi connectivity index (χ4v) is 6.58. The van der Waals surface area contributed by atoms with E-state index in [0.717, 1.165) is 46.1 Å². The van der Waals surface area contributed by atoms with Crippen molar-refractivity contribution in [1.82, 2.24) is 10.6 Å². The van der Waals surface area contributed by atoms with Gasteiger partial charge in [0.15, 0.2) is 0 Å². The molecular weight excluding hydrogens is 671 g/mol. The van der Waals surface area contributed by atoms with Crippen LogP contribution in [0.2, 0.25) is 0 Å². The Morgan fingerprint density at radius 1 is 0.731 bits per heavy atom. The van der Waals surface area contributed by atoms with E-state index in [0.29, 0.717) is 0 Å². The Bertz CT molecular complexity index is 1010. The van der Waals surface area contributed by atoms with Gasteiger partial charge in [-0.05, 0) is 64.2 Å². The van der Waals surface area contributed by atoms with Crippen molar-refractivity contribution in [1.29, 1.82) is 0 Å². The first-order chi connectivity index (χ1) is 25.2. The molecule has 0 aromatic carbocycles. The van der Waals surface area contributed by atoms with Crippen LogP contribution in [0.1, 0.15) is 201 Å². The molecule has 52 heavy (non-hydrogen) atoms. The van der Waals surface area contributed by atoms with Crippen LogP contribution in [0.15, 0.2) is 24.3 Å². The number of carbonyl (C=O) groups excluding carboxylic acids is 1. The van der Waals surface area contributed by atoms with Gasteiger partial charge in [-0.1, -0.05) is 154 Å². The van der Waals surface area contributed by atoms with Crippen molar-refractivity contribution in [3.05, 3.63) is 24.3 Å². The van der Waals surface area contributed by atoms with Crippen molar-refractivity contribution in [2.75, 3.05) is 33.3 Å². The van der Waals surface area contributed by atoms with Gasteiger partial charge in [0.1, 0.15) is 19.6 Å². The van der Waals surface area contributed by atoms with Crippen molar-refractivity contribution in [3.8, 4) is 0 Å². The average molecular weight is 754 g/mol. The number of unbranched alkanes of at least 4 members (excludes halogenated alkanes) is 22. The highest BCUT2D eigenvalue weighted by molar-refractivity contribution is 7.80. The first-order valence-corrected chi connectivity index (χ1v) is 23.0. The van der Waals surface area contributed by atoms with Crippen LogP contribution in [0.4, 0.5) is 0 Å². The van der Waals surface area contributed by atoms with E-state index in [2.05, 4.69) is 64.5 Å². The summed E-state index contributed by atoms with van der Waals surface area (Å²) in [6, 6.07) is 0. The summed E-state index contributed by atoms with van der Waals surface area (Å²) >= 11 is 0. The second-order valence-corrected chi connectivity index (χ2v) is 16.0. The Labute approximate surface area is 322 Å². The second kappa shape index (κ2) is 37.6. The zero-order chi connectivity index (χ0) is 38.4. The molecule has 1 rings (SSSR count). The van der Waals surface area contributed by atoms with Crippen molar-refractivity contribution < 1.29 is 26.5 Å². The summed E-state index contributed by atoms with van der Waals surface area (Å²) in [5, 5.41) is 6.83. The summed E-state index contributed by atoms with van der Waals surface area (Å²) in [7, 11) is -3.60. The summed E-state index contributed by atoms with van der Waals surface area (Å²) < 4.78 is 33.5. The molecule has 2 N–H and O–H groups in total. The highest BCUT2D eigenvalue weighted by Crippen LogP contribution is 2.14. The van der Waals surface area contributed by atoms with Crippen LogP contribution in [0.5, 0.6) is 0 Å². The van der Waals surface area contributed by atoms with Crippen LogP contribution >= 0.6 is 0 Å². The number of hydrogen-bond acceptors (Lipinski definition) is 6. The summed E-state index contributed by atoms with van der Waals surface area (Å²) in [5.74, 6) is 1.76. The lowest BCUT2D eigenvalue weighted by Gasteiger charge is -2.12. The fraction of sp³-hybridized carbons (Fsp3) is 0.860. The second-order valence-electron chi connectivity index (χ2n) is 14.8. The van der Waals surface area contributed by atoms with Crippen LogP contribution in [0, 0.1) is 5.92 Å². The number of amides is 1.